The van der Waals surface area contributed by atoms with Gasteiger partial charge in [-0.05, 0) is 54.6 Å². The van der Waals surface area contributed by atoms with Gasteiger partial charge in [-0.3, -0.25) is 19.1 Å². The molecule has 0 atom stereocenters. The zero-order valence-corrected chi connectivity index (χ0v) is 19.2. The minimum atomic E-state index is -0.634. The Labute approximate surface area is 198 Å². The molecule has 2 saturated carbocycles. The van der Waals surface area contributed by atoms with Gasteiger partial charge in [-0.25, -0.2) is 4.79 Å². The number of nitrogens with two attached hydrogens (primary N) is 1. The summed E-state index contributed by atoms with van der Waals surface area (Å²) in [5.41, 5.74) is 7.05. The standard InChI is InChI=1S/C27H30N4O3/c28-25-24(26(33)29-27(34)31(25)17-19-9-5-2-6-10-19)30(16-18-7-3-1-4-8-18)23(32)15-22(20-11-12-20)21-13-14-21/h1-10,20-22H,11-17,28H2,(H,29,33,34). The van der Waals surface area contributed by atoms with Crippen LogP contribution in [0, 0.1) is 17.8 Å². The Morgan fingerprint density at radius 2 is 1.50 bits per heavy atom. The van der Waals surface area contributed by atoms with Crippen molar-refractivity contribution >= 4 is 17.4 Å². The number of nitrogen functional groups attached to an aromatic ring is 1. The van der Waals surface area contributed by atoms with Crippen LogP contribution in [0.1, 0.15) is 43.2 Å². The van der Waals surface area contributed by atoms with Gasteiger partial charge in [0.15, 0.2) is 5.69 Å². The number of anilines is 2. The Hall–Kier alpha value is -3.61. The molecule has 0 radical (unpaired) electrons. The first-order chi connectivity index (χ1) is 16.5. The van der Waals surface area contributed by atoms with Gasteiger partial charge in [0.1, 0.15) is 5.82 Å². The molecule has 3 aromatic rings. The summed E-state index contributed by atoms with van der Waals surface area (Å²) in [5, 5.41) is 0. The molecule has 0 spiro atoms. The maximum absolute atomic E-state index is 13.7. The predicted molar refractivity (Wildman–Crippen MR) is 132 cm³/mol. The molecular formula is C27H30N4O3. The molecule has 7 nitrogen and oxygen atoms in total. The van der Waals surface area contributed by atoms with Gasteiger partial charge < -0.3 is 10.6 Å². The lowest BCUT2D eigenvalue weighted by atomic mass is 9.93. The lowest BCUT2D eigenvalue weighted by molar-refractivity contribution is -0.120. The maximum atomic E-state index is 13.7. The molecule has 176 valence electrons. The number of hydrogen-bond donors (Lipinski definition) is 2. The number of aromatic nitrogens is 2. The zero-order valence-electron chi connectivity index (χ0n) is 19.2. The summed E-state index contributed by atoms with van der Waals surface area (Å²) >= 11 is 0. The van der Waals surface area contributed by atoms with Crippen molar-refractivity contribution in [2.45, 2.75) is 45.2 Å². The summed E-state index contributed by atoms with van der Waals surface area (Å²) in [6.07, 6.45) is 5.12. The van der Waals surface area contributed by atoms with Crippen LogP contribution < -0.4 is 21.9 Å². The third-order valence-electron chi connectivity index (χ3n) is 7.02. The molecule has 0 aliphatic heterocycles. The second-order valence-corrected chi connectivity index (χ2v) is 9.57. The molecule has 0 unspecified atom stereocenters. The highest BCUT2D eigenvalue weighted by Crippen LogP contribution is 2.51. The highest BCUT2D eigenvalue weighted by Gasteiger charge is 2.43. The Morgan fingerprint density at radius 1 is 0.941 bits per heavy atom. The van der Waals surface area contributed by atoms with Crippen LogP contribution in [-0.4, -0.2) is 15.5 Å². The van der Waals surface area contributed by atoms with Gasteiger partial charge in [-0.2, -0.15) is 0 Å². The minimum Gasteiger partial charge on any atom is -0.383 e. The maximum Gasteiger partial charge on any atom is 0.330 e. The van der Waals surface area contributed by atoms with E-state index in [1.165, 1.54) is 35.2 Å². The summed E-state index contributed by atoms with van der Waals surface area (Å²) in [4.78, 5) is 43.3. The first-order valence-electron chi connectivity index (χ1n) is 12.0. The molecular weight excluding hydrogens is 428 g/mol. The average Bonchev–Trinajstić information content (AvgIpc) is 3.75. The monoisotopic (exact) mass is 458 g/mol. The smallest absolute Gasteiger partial charge is 0.330 e. The SMILES string of the molecule is Nc1c(N(Cc2ccccc2)C(=O)CC(C2CC2)C2CC2)c(=O)[nH]c(=O)n1Cc1ccccc1. The molecule has 3 N–H and O–H groups in total. The van der Waals surface area contributed by atoms with E-state index < -0.39 is 11.2 Å². The molecule has 2 aromatic carbocycles. The van der Waals surface area contributed by atoms with E-state index in [-0.39, 0.29) is 30.5 Å². The second-order valence-electron chi connectivity index (χ2n) is 9.57. The summed E-state index contributed by atoms with van der Waals surface area (Å²) in [6.45, 7) is 0.425. The number of carbonyl (C=O) groups excluding carboxylic acids is 1. The van der Waals surface area contributed by atoms with Crippen molar-refractivity contribution in [2.24, 2.45) is 17.8 Å². The van der Waals surface area contributed by atoms with E-state index in [9.17, 15) is 14.4 Å². The molecule has 34 heavy (non-hydrogen) atoms. The number of benzene rings is 2. The summed E-state index contributed by atoms with van der Waals surface area (Å²) in [6, 6.07) is 19.0. The largest absolute Gasteiger partial charge is 0.383 e. The van der Waals surface area contributed by atoms with E-state index in [1.807, 2.05) is 60.7 Å². The lowest BCUT2D eigenvalue weighted by Crippen LogP contribution is -2.41. The number of carbonyl (C=O) groups is 1. The normalized spacial score (nSPS) is 15.4. The second kappa shape index (κ2) is 9.33. The highest BCUT2D eigenvalue weighted by atomic mass is 16.2. The van der Waals surface area contributed by atoms with Gasteiger partial charge in [0.25, 0.3) is 5.56 Å². The molecule has 2 fully saturated rings. The number of hydrogen-bond acceptors (Lipinski definition) is 4. The van der Waals surface area contributed by atoms with Crippen LogP contribution >= 0.6 is 0 Å². The van der Waals surface area contributed by atoms with Gasteiger partial charge in [0.05, 0.1) is 13.1 Å². The van der Waals surface area contributed by atoms with Gasteiger partial charge >= 0.3 is 5.69 Å². The van der Waals surface area contributed by atoms with Crippen LogP contribution in [0.25, 0.3) is 0 Å². The molecule has 1 heterocycles. The quantitative estimate of drug-likeness (QED) is 0.512. The van der Waals surface area contributed by atoms with E-state index in [0.717, 1.165) is 11.1 Å². The minimum absolute atomic E-state index is 0.0104. The molecule has 0 bridgehead atoms. The number of rotatable bonds is 9. The Kier molecular flexibility index (Phi) is 6.09. The average molecular weight is 459 g/mol. The van der Waals surface area contributed by atoms with Gasteiger partial charge in [-0.1, -0.05) is 60.7 Å². The van der Waals surface area contributed by atoms with Crippen LogP contribution in [0.4, 0.5) is 11.5 Å². The summed E-state index contributed by atoms with van der Waals surface area (Å²) in [5.74, 6) is 1.47. The summed E-state index contributed by atoms with van der Waals surface area (Å²) < 4.78 is 1.33. The van der Waals surface area contributed by atoms with Crippen molar-refractivity contribution in [2.75, 3.05) is 10.6 Å². The van der Waals surface area contributed by atoms with E-state index in [4.69, 9.17) is 5.73 Å². The van der Waals surface area contributed by atoms with Crippen LogP contribution in [-0.2, 0) is 17.9 Å². The first-order valence-corrected chi connectivity index (χ1v) is 12.0. The van der Waals surface area contributed by atoms with Crippen molar-refractivity contribution in [1.29, 1.82) is 0 Å². The molecule has 2 aliphatic carbocycles. The molecule has 1 amide bonds. The number of amides is 1. The van der Waals surface area contributed by atoms with Crippen LogP contribution in [0.3, 0.4) is 0 Å². The van der Waals surface area contributed by atoms with E-state index in [2.05, 4.69) is 4.98 Å². The van der Waals surface area contributed by atoms with Crippen LogP contribution in [0.5, 0.6) is 0 Å². The molecule has 7 heteroatoms. The van der Waals surface area contributed by atoms with Gasteiger partial charge in [0.2, 0.25) is 5.91 Å². The predicted octanol–water partition coefficient (Wildman–Crippen LogP) is 3.53. The Balaban J connectivity index is 1.53. The van der Waals surface area contributed by atoms with E-state index >= 15 is 0 Å². The topological polar surface area (TPSA) is 101 Å². The fraction of sp³-hybridized carbons (Fsp3) is 0.370. The van der Waals surface area contributed by atoms with Crippen molar-refractivity contribution in [3.63, 3.8) is 0 Å². The zero-order chi connectivity index (χ0) is 23.7. The number of nitrogens with zero attached hydrogens (tertiary/aromatic N) is 2. The summed E-state index contributed by atoms with van der Waals surface area (Å²) in [7, 11) is 0. The van der Waals surface area contributed by atoms with E-state index in [0.29, 0.717) is 24.2 Å². The first kappa shape index (κ1) is 22.2. The third-order valence-corrected chi connectivity index (χ3v) is 7.02. The Morgan fingerprint density at radius 3 is 2.06 bits per heavy atom. The Bertz CT molecular complexity index is 1260. The fourth-order valence-corrected chi connectivity index (χ4v) is 4.90. The third kappa shape index (κ3) is 4.83. The molecule has 2 aliphatic rings. The van der Waals surface area contributed by atoms with Gasteiger partial charge in [-0.15, -0.1) is 0 Å². The van der Waals surface area contributed by atoms with Crippen molar-refractivity contribution in [3.05, 3.63) is 92.6 Å². The van der Waals surface area contributed by atoms with Crippen molar-refractivity contribution in [1.82, 2.24) is 9.55 Å². The highest BCUT2D eigenvalue weighted by molar-refractivity contribution is 5.95. The van der Waals surface area contributed by atoms with Crippen molar-refractivity contribution in [3.8, 4) is 0 Å². The fourth-order valence-electron chi connectivity index (χ4n) is 4.90. The van der Waals surface area contributed by atoms with Crippen LogP contribution in [0.2, 0.25) is 0 Å². The lowest BCUT2D eigenvalue weighted by Gasteiger charge is -2.27. The van der Waals surface area contributed by atoms with E-state index in [1.54, 1.807) is 0 Å². The van der Waals surface area contributed by atoms with Gasteiger partial charge in [0, 0.05) is 6.42 Å². The number of aromatic amines is 1. The molecule has 5 rings (SSSR count). The molecule has 1 aromatic heterocycles. The number of nitrogens with one attached hydrogen (secondary N) is 1. The van der Waals surface area contributed by atoms with Crippen molar-refractivity contribution < 1.29 is 4.79 Å². The number of H-pyrrole nitrogens is 1. The van der Waals surface area contributed by atoms with Crippen LogP contribution in [0.15, 0.2) is 70.3 Å². The molecule has 0 saturated heterocycles.